The van der Waals surface area contributed by atoms with E-state index in [1.807, 2.05) is 0 Å². The summed E-state index contributed by atoms with van der Waals surface area (Å²) in [6.07, 6.45) is 1.47. The molecule has 1 aromatic rings. The minimum atomic E-state index is -3.20. The molecular weight excluding hydrogens is 306 g/mol. The van der Waals surface area contributed by atoms with E-state index in [-0.39, 0.29) is 18.2 Å². The lowest BCUT2D eigenvalue weighted by Crippen LogP contribution is -2.50. The number of nitrogens with zero attached hydrogens (tertiary/aromatic N) is 2. The highest BCUT2D eigenvalue weighted by atomic mass is 32.2. The fourth-order valence-electron chi connectivity index (χ4n) is 2.77. The summed E-state index contributed by atoms with van der Waals surface area (Å²) in [6.45, 7) is 1.38. The van der Waals surface area contributed by atoms with E-state index in [4.69, 9.17) is 0 Å². The standard InChI is InChI=1S/C14H17N3O4S/c1-22(20,21)17-6-4-16(5-7-17)14(19)10-2-3-12-11(8-10)9-13(18)15-12/h2-3,8H,4-7,9H2,1H3,(H,15,18). The monoisotopic (exact) mass is 323 g/mol. The molecule has 1 N–H and O–H groups in total. The Kier molecular flexibility index (Phi) is 3.65. The molecule has 2 amide bonds. The van der Waals surface area contributed by atoms with Crippen LogP contribution in [0.2, 0.25) is 0 Å². The van der Waals surface area contributed by atoms with Crippen molar-refractivity contribution in [3.8, 4) is 0 Å². The number of hydrogen-bond acceptors (Lipinski definition) is 4. The fourth-order valence-corrected chi connectivity index (χ4v) is 3.59. The van der Waals surface area contributed by atoms with E-state index in [0.29, 0.717) is 31.7 Å². The van der Waals surface area contributed by atoms with Crippen molar-refractivity contribution in [3.63, 3.8) is 0 Å². The van der Waals surface area contributed by atoms with E-state index < -0.39 is 10.0 Å². The number of nitrogens with one attached hydrogen (secondary N) is 1. The minimum Gasteiger partial charge on any atom is -0.336 e. The van der Waals surface area contributed by atoms with Gasteiger partial charge in [0.15, 0.2) is 0 Å². The molecule has 2 heterocycles. The van der Waals surface area contributed by atoms with E-state index in [0.717, 1.165) is 11.3 Å². The average Bonchev–Trinajstić information content (AvgIpc) is 2.84. The summed E-state index contributed by atoms with van der Waals surface area (Å²) in [5, 5.41) is 2.73. The van der Waals surface area contributed by atoms with Crippen LogP contribution >= 0.6 is 0 Å². The summed E-state index contributed by atoms with van der Waals surface area (Å²) in [5.41, 5.74) is 2.11. The van der Waals surface area contributed by atoms with Gasteiger partial charge < -0.3 is 10.2 Å². The Balaban J connectivity index is 1.71. The van der Waals surface area contributed by atoms with Crippen LogP contribution in [0.4, 0.5) is 5.69 Å². The van der Waals surface area contributed by atoms with Crippen molar-refractivity contribution < 1.29 is 18.0 Å². The van der Waals surface area contributed by atoms with Crippen LogP contribution in [0, 0.1) is 0 Å². The Morgan fingerprint density at radius 3 is 2.50 bits per heavy atom. The number of carbonyl (C=O) groups is 2. The molecule has 0 bridgehead atoms. The molecule has 0 aromatic heterocycles. The summed E-state index contributed by atoms with van der Waals surface area (Å²) in [4.78, 5) is 25.5. The van der Waals surface area contributed by atoms with Crippen LogP contribution in [-0.4, -0.2) is 61.9 Å². The van der Waals surface area contributed by atoms with Crippen molar-refractivity contribution in [2.75, 3.05) is 37.8 Å². The van der Waals surface area contributed by atoms with Crippen molar-refractivity contribution in [1.29, 1.82) is 0 Å². The minimum absolute atomic E-state index is 0.0682. The van der Waals surface area contributed by atoms with E-state index in [1.165, 1.54) is 10.6 Å². The first-order chi connectivity index (χ1) is 10.3. The molecule has 0 radical (unpaired) electrons. The highest BCUT2D eigenvalue weighted by molar-refractivity contribution is 7.88. The van der Waals surface area contributed by atoms with Gasteiger partial charge in [0.05, 0.1) is 12.7 Å². The maximum atomic E-state index is 12.5. The van der Waals surface area contributed by atoms with Gasteiger partial charge in [-0.1, -0.05) is 0 Å². The van der Waals surface area contributed by atoms with Gasteiger partial charge in [0, 0.05) is 37.4 Å². The van der Waals surface area contributed by atoms with E-state index >= 15 is 0 Å². The topological polar surface area (TPSA) is 86.8 Å². The number of piperazine rings is 1. The number of anilines is 1. The van der Waals surface area contributed by atoms with Gasteiger partial charge in [-0.3, -0.25) is 9.59 Å². The number of amides is 2. The van der Waals surface area contributed by atoms with E-state index in [9.17, 15) is 18.0 Å². The smallest absolute Gasteiger partial charge is 0.253 e. The molecule has 1 aromatic carbocycles. The highest BCUT2D eigenvalue weighted by Gasteiger charge is 2.27. The molecule has 1 fully saturated rings. The first-order valence-electron chi connectivity index (χ1n) is 7.02. The summed E-state index contributed by atoms with van der Waals surface area (Å²) < 4.78 is 24.3. The van der Waals surface area contributed by atoms with Crippen LogP contribution < -0.4 is 5.32 Å². The average molecular weight is 323 g/mol. The molecule has 0 aliphatic carbocycles. The predicted molar refractivity (Wildman–Crippen MR) is 81.1 cm³/mol. The number of hydrogen-bond donors (Lipinski definition) is 1. The highest BCUT2D eigenvalue weighted by Crippen LogP contribution is 2.24. The molecule has 3 rings (SSSR count). The van der Waals surface area contributed by atoms with Crippen LogP contribution in [0.3, 0.4) is 0 Å². The van der Waals surface area contributed by atoms with E-state index in [1.54, 1.807) is 23.1 Å². The van der Waals surface area contributed by atoms with Crippen molar-refractivity contribution in [2.24, 2.45) is 0 Å². The molecule has 1 saturated heterocycles. The largest absolute Gasteiger partial charge is 0.336 e. The molecular formula is C14H17N3O4S. The quantitative estimate of drug-likeness (QED) is 0.823. The number of fused-ring (bicyclic) bond motifs is 1. The fraction of sp³-hybridized carbons (Fsp3) is 0.429. The number of benzene rings is 1. The third-order valence-electron chi connectivity index (χ3n) is 3.97. The maximum absolute atomic E-state index is 12.5. The van der Waals surface area contributed by atoms with Gasteiger partial charge in [0.2, 0.25) is 15.9 Å². The van der Waals surface area contributed by atoms with Gasteiger partial charge in [0.1, 0.15) is 0 Å². The second-order valence-corrected chi connectivity index (χ2v) is 7.53. The third-order valence-corrected chi connectivity index (χ3v) is 5.28. The van der Waals surface area contributed by atoms with Crippen molar-refractivity contribution in [2.45, 2.75) is 6.42 Å². The zero-order valence-electron chi connectivity index (χ0n) is 12.2. The van der Waals surface area contributed by atoms with Crippen LogP contribution in [0.25, 0.3) is 0 Å². The molecule has 8 heteroatoms. The first kappa shape index (κ1) is 15.0. The lowest BCUT2D eigenvalue weighted by atomic mass is 10.1. The number of carbonyl (C=O) groups excluding carboxylic acids is 2. The second-order valence-electron chi connectivity index (χ2n) is 5.55. The van der Waals surface area contributed by atoms with Gasteiger partial charge in [-0.25, -0.2) is 8.42 Å². The lowest BCUT2D eigenvalue weighted by Gasteiger charge is -2.33. The molecule has 2 aliphatic rings. The molecule has 2 aliphatic heterocycles. The van der Waals surface area contributed by atoms with Gasteiger partial charge >= 0.3 is 0 Å². The first-order valence-corrected chi connectivity index (χ1v) is 8.86. The Morgan fingerprint density at radius 2 is 1.86 bits per heavy atom. The predicted octanol–water partition coefficient (Wildman–Crippen LogP) is -0.101. The van der Waals surface area contributed by atoms with Gasteiger partial charge in [0.25, 0.3) is 5.91 Å². The Morgan fingerprint density at radius 1 is 1.18 bits per heavy atom. The molecule has 0 spiro atoms. The van der Waals surface area contributed by atoms with Gasteiger partial charge in [-0.2, -0.15) is 4.31 Å². The third kappa shape index (κ3) is 2.84. The molecule has 22 heavy (non-hydrogen) atoms. The van der Waals surface area contributed by atoms with Crippen LogP contribution in [0.15, 0.2) is 18.2 Å². The number of rotatable bonds is 2. The Labute approximate surface area is 128 Å². The van der Waals surface area contributed by atoms with Crippen LogP contribution in [-0.2, 0) is 21.2 Å². The molecule has 7 nitrogen and oxygen atoms in total. The summed E-state index contributed by atoms with van der Waals surface area (Å²) in [6, 6.07) is 5.16. The molecule has 0 atom stereocenters. The van der Waals surface area contributed by atoms with Crippen molar-refractivity contribution in [3.05, 3.63) is 29.3 Å². The molecule has 118 valence electrons. The number of sulfonamides is 1. The lowest BCUT2D eigenvalue weighted by molar-refractivity contribution is -0.115. The zero-order valence-corrected chi connectivity index (χ0v) is 13.0. The van der Waals surface area contributed by atoms with Crippen LogP contribution in [0.1, 0.15) is 15.9 Å². The summed E-state index contributed by atoms with van der Waals surface area (Å²) >= 11 is 0. The molecule has 0 saturated carbocycles. The molecule has 0 unspecified atom stereocenters. The second kappa shape index (κ2) is 5.36. The Hall–Kier alpha value is -1.93. The van der Waals surface area contributed by atoms with Gasteiger partial charge in [-0.15, -0.1) is 0 Å². The van der Waals surface area contributed by atoms with Gasteiger partial charge in [-0.05, 0) is 23.8 Å². The summed E-state index contributed by atoms with van der Waals surface area (Å²) in [5.74, 6) is -0.198. The van der Waals surface area contributed by atoms with Crippen molar-refractivity contribution >= 4 is 27.5 Å². The van der Waals surface area contributed by atoms with Crippen molar-refractivity contribution in [1.82, 2.24) is 9.21 Å². The normalized spacial score (nSPS) is 19.0. The SMILES string of the molecule is CS(=O)(=O)N1CCN(C(=O)c2ccc3c(c2)CC(=O)N3)CC1. The van der Waals surface area contributed by atoms with Crippen LogP contribution in [0.5, 0.6) is 0 Å². The van der Waals surface area contributed by atoms with E-state index in [2.05, 4.69) is 5.32 Å². The summed E-state index contributed by atoms with van der Waals surface area (Å²) in [7, 11) is -3.20. The Bertz CT molecular complexity index is 736. The zero-order chi connectivity index (χ0) is 15.9. The maximum Gasteiger partial charge on any atom is 0.253 e.